The molecule has 0 spiro atoms. The number of piperazine rings is 1. The van der Waals surface area contributed by atoms with Crippen LogP contribution in [0.5, 0.6) is 0 Å². The highest BCUT2D eigenvalue weighted by Gasteiger charge is 2.30. The van der Waals surface area contributed by atoms with Gasteiger partial charge in [-0.15, -0.1) is 0 Å². The third kappa shape index (κ3) is 3.36. The molecule has 1 aliphatic heterocycles. The van der Waals surface area contributed by atoms with E-state index in [9.17, 15) is 0 Å². The first-order valence-corrected chi connectivity index (χ1v) is 8.42. The molecule has 1 heterocycles. The Bertz CT molecular complexity index is 388. The minimum atomic E-state index is 0.592. The fourth-order valence-corrected chi connectivity index (χ4v) is 3.98. The van der Waals surface area contributed by atoms with Crippen LogP contribution in [0.2, 0.25) is 5.02 Å². The van der Waals surface area contributed by atoms with Crippen LogP contribution in [0.15, 0.2) is 24.3 Å². The molecule has 1 N–H and O–H groups in total. The van der Waals surface area contributed by atoms with E-state index in [-0.39, 0.29) is 0 Å². The molecule has 1 saturated heterocycles. The van der Waals surface area contributed by atoms with Gasteiger partial charge in [0.1, 0.15) is 0 Å². The van der Waals surface area contributed by atoms with Crippen LogP contribution >= 0.6 is 11.6 Å². The van der Waals surface area contributed by atoms with E-state index >= 15 is 0 Å². The summed E-state index contributed by atoms with van der Waals surface area (Å²) in [6.07, 6.45) is 7.00. The van der Waals surface area contributed by atoms with Crippen molar-refractivity contribution in [2.75, 3.05) is 26.2 Å². The predicted molar refractivity (Wildman–Crippen MR) is 85.2 cm³/mol. The summed E-state index contributed by atoms with van der Waals surface area (Å²) in [5, 5.41) is 4.31. The lowest BCUT2D eigenvalue weighted by atomic mass is 9.80. The van der Waals surface area contributed by atoms with E-state index in [0.29, 0.717) is 6.04 Å². The minimum absolute atomic E-state index is 0.592. The summed E-state index contributed by atoms with van der Waals surface area (Å²) in [5.74, 6) is 0.822. The van der Waals surface area contributed by atoms with Gasteiger partial charge in [0.25, 0.3) is 0 Å². The van der Waals surface area contributed by atoms with Crippen molar-refractivity contribution in [1.29, 1.82) is 0 Å². The van der Waals surface area contributed by atoms with Crippen molar-refractivity contribution >= 4 is 11.6 Å². The molecule has 2 fully saturated rings. The summed E-state index contributed by atoms with van der Waals surface area (Å²) < 4.78 is 0. The molecule has 1 atom stereocenters. The molecule has 0 aromatic heterocycles. The molecular formula is C17H25ClN2. The molecule has 0 amide bonds. The first-order valence-electron chi connectivity index (χ1n) is 8.05. The molecular weight excluding hydrogens is 268 g/mol. The molecule has 1 aromatic rings. The van der Waals surface area contributed by atoms with E-state index in [2.05, 4.69) is 34.5 Å². The quantitative estimate of drug-likeness (QED) is 0.910. The molecule has 0 bridgehead atoms. The van der Waals surface area contributed by atoms with Crippen LogP contribution in [-0.2, 0) is 0 Å². The zero-order valence-electron chi connectivity index (χ0n) is 12.2. The average Bonchev–Trinajstić information content (AvgIpc) is 2.52. The van der Waals surface area contributed by atoms with Crippen LogP contribution < -0.4 is 5.32 Å². The van der Waals surface area contributed by atoms with Crippen molar-refractivity contribution in [2.24, 2.45) is 5.92 Å². The van der Waals surface area contributed by atoms with Gasteiger partial charge in [0.2, 0.25) is 0 Å². The Balaban J connectivity index is 1.83. The van der Waals surface area contributed by atoms with Crippen LogP contribution in [0.3, 0.4) is 0 Å². The second-order valence-electron chi connectivity index (χ2n) is 6.18. The average molecular weight is 293 g/mol. The van der Waals surface area contributed by atoms with Crippen LogP contribution in [0, 0.1) is 5.92 Å². The predicted octanol–water partition coefficient (Wildman–Crippen LogP) is 3.87. The lowest BCUT2D eigenvalue weighted by Gasteiger charge is -2.41. The fraction of sp³-hybridized carbons (Fsp3) is 0.647. The molecule has 0 radical (unpaired) electrons. The molecule has 0 unspecified atom stereocenters. The Hall–Kier alpha value is -0.570. The zero-order chi connectivity index (χ0) is 13.8. The number of nitrogens with one attached hydrogen (secondary N) is 1. The standard InChI is InChI=1S/C17H25ClN2/c18-16-8-6-15(7-9-16)17(14-4-2-1-3-5-14)20-12-10-19-11-13-20/h6-9,14,17,19H,1-5,10-13H2/t17-/m0/s1. The lowest BCUT2D eigenvalue weighted by molar-refractivity contribution is 0.103. The summed E-state index contributed by atoms with van der Waals surface area (Å²) in [6, 6.07) is 9.17. The third-order valence-electron chi connectivity index (χ3n) is 4.85. The molecule has 1 aliphatic carbocycles. The van der Waals surface area contributed by atoms with Gasteiger partial charge in [0.05, 0.1) is 0 Å². The molecule has 20 heavy (non-hydrogen) atoms. The highest BCUT2D eigenvalue weighted by Crippen LogP contribution is 2.38. The van der Waals surface area contributed by atoms with Crippen LogP contribution in [0.25, 0.3) is 0 Å². The van der Waals surface area contributed by atoms with Gasteiger partial charge in [0, 0.05) is 37.2 Å². The number of benzene rings is 1. The monoisotopic (exact) mass is 292 g/mol. The Morgan fingerprint density at radius 2 is 1.65 bits per heavy atom. The first-order chi connectivity index (χ1) is 9.84. The molecule has 1 aromatic carbocycles. The molecule has 1 saturated carbocycles. The highest BCUT2D eigenvalue weighted by atomic mass is 35.5. The second kappa shape index (κ2) is 6.93. The van der Waals surface area contributed by atoms with Crippen LogP contribution in [-0.4, -0.2) is 31.1 Å². The zero-order valence-corrected chi connectivity index (χ0v) is 12.9. The van der Waals surface area contributed by atoms with Crippen LogP contribution in [0.4, 0.5) is 0 Å². The van der Waals surface area contributed by atoms with Crippen LogP contribution in [0.1, 0.15) is 43.7 Å². The van der Waals surface area contributed by atoms with E-state index in [4.69, 9.17) is 11.6 Å². The van der Waals surface area contributed by atoms with Gasteiger partial charge < -0.3 is 5.32 Å². The smallest absolute Gasteiger partial charge is 0.0406 e. The topological polar surface area (TPSA) is 15.3 Å². The molecule has 2 aliphatic rings. The van der Waals surface area contributed by atoms with Gasteiger partial charge in [-0.25, -0.2) is 0 Å². The SMILES string of the molecule is Clc1ccc([C@H](C2CCCCC2)N2CCNCC2)cc1. The molecule has 3 heteroatoms. The Morgan fingerprint density at radius 3 is 2.30 bits per heavy atom. The highest BCUT2D eigenvalue weighted by molar-refractivity contribution is 6.30. The van der Waals surface area contributed by atoms with E-state index in [1.807, 2.05) is 0 Å². The number of hydrogen-bond donors (Lipinski definition) is 1. The third-order valence-corrected chi connectivity index (χ3v) is 5.10. The number of hydrogen-bond acceptors (Lipinski definition) is 2. The molecule has 3 rings (SSSR count). The van der Waals surface area contributed by atoms with Gasteiger partial charge in [-0.1, -0.05) is 43.0 Å². The Labute approximate surface area is 127 Å². The van der Waals surface area contributed by atoms with Gasteiger partial charge in [0.15, 0.2) is 0 Å². The number of halogens is 1. The maximum Gasteiger partial charge on any atom is 0.0406 e. The van der Waals surface area contributed by atoms with E-state index in [1.54, 1.807) is 0 Å². The van der Waals surface area contributed by atoms with E-state index in [0.717, 1.165) is 24.0 Å². The lowest BCUT2D eigenvalue weighted by Crippen LogP contribution is -2.47. The first kappa shape index (κ1) is 14.4. The van der Waals surface area contributed by atoms with Crippen molar-refractivity contribution in [3.05, 3.63) is 34.9 Å². The van der Waals surface area contributed by atoms with Crippen molar-refractivity contribution in [1.82, 2.24) is 10.2 Å². The van der Waals surface area contributed by atoms with Crippen molar-refractivity contribution in [2.45, 2.75) is 38.1 Å². The van der Waals surface area contributed by atoms with E-state index in [1.165, 1.54) is 50.8 Å². The number of rotatable bonds is 3. The second-order valence-corrected chi connectivity index (χ2v) is 6.62. The van der Waals surface area contributed by atoms with Gasteiger partial charge in [-0.05, 0) is 36.5 Å². The largest absolute Gasteiger partial charge is 0.314 e. The Morgan fingerprint density at radius 1 is 1.00 bits per heavy atom. The van der Waals surface area contributed by atoms with Gasteiger partial charge >= 0.3 is 0 Å². The van der Waals surface area contributed by atoms with Crippen molar-refractivity contribution in [3.8, 4) is 0 Å². The van der Waals surface area contributed by atoms with Gasteiger partial charge in [-0.2, -0.15) is 0 Å². The Kier molecular flexibility index (Phi) is 4.98. The number of nitrogens with zero attached hydrogens (tertiary/aromatic N) is 1. The summed E-state index contributed by atoms with van der Waals surface area (Å²) >= 11 is 6.06. The molecule has 110 valence electrons. The van der Waals surface area contributed by atoms with Crippen molar-refractivity contribution in [3.63, 3.8) is 0 Å². The maximum atomic E-state index is 6.06. The van der Waals surface area contributed by atoms with Crippen molar-refractivity contribution < 1.29 is 0 Å². The normalized spacial score (nSPS) is 23.6. The summed E-state index contributed by atoms with van der Waals surface area (Å²) in [6.45, 7) is 4.58. The summed E-state index contributed by atoms with van der Waals surface area (Å²) in [5.41, 5.74) is 1.46. The van der Waals surface area contributed by atoms with E-state index < -0.39 is 0 Å². The van der Waals surface area contributed by atoms with Gasteiger partial charge in [-0.3, -0.25) is 4.90 Å². The summed E-state index contributed by atoms with van der Waals surface area (Å²) in [4.78, 5) is 2.69. The fourth-order valence-electron chi connectivity index (χ4n) is 3.85. The minimum Gasteiger partial charge on any atom is -0.314 e. The maximum absolute atomic E-state index is 6.06. The summed E-state index contributed by atoms with van der Waals surface area (Å²) in [7, 11) is 0. The molecule has 2 nitrogen and oxygen atoms in total.